The molecule has 4 aromatic rings. The standard InChI is InChI=1S/C28H22Cl2N2O4S2/c1-3-35-27(34)24-16(2)31-28-32(25(24)22-5-4-12-37-22)26(33)23(38-28)14-17-6-9-19(10-7-17)36-15-18-8-11-20(29)21(30)13-18/h4-14,25H,3,15H2,1-2H3/b23-14+/t25-/m0/s1. The minimum atomic E-state index is -0.579. The average molecular weight is 586 g/mol. The number of esters is 1. The number of hydrogen-bond acceptors (Lipinski definition) is 7. The quantitative estimate of drug-likeness (QED) is 0.259. The average Bonchev–Trinajstić information content (AvgIpc) is 3.53. The van der Waals surface area contributed by atoms with Gasteiger partial charge in [-0.3, -0.25) is 9.36 Å². The van der Waals surface area contributed by atoms with Crippen molar-refractivity contribution in [3.63, 3.8) is 0 Å². The number of rotatable bonds is 7. The largest absolute Gasteiger partial charge is 0.489 e. The highest BCUT2D eigenvalue weighted by atomic mass is 35.5. The molecule has 0 radical (unpaired) electrons. The second-order valence-electron chi connectivity index (χ2n) is 8.42. The second-order valence-corrected chi connectivity index (χ2v) is 11.2. The normalized spacial score (nSPS) is 15.3. The third kappa shape index (κ3) is 5.35. The summed E-state index contributed by atoms with van der Waals surface area (Å²) in [5.41, 5.74) is 2.48. The topological polar surface area (TPSA) is 69.9 Å². The lowest BCUT2D eigenvalue weighted by Crippen LogP contribution is -2.39. The Hall–Kier alpha value is -3.17. The zero-order chi connectivity index (χ0) is 26.8. The van der Waals surface area contributed by atoms with Gasteiger partial charge in [-0.2, -0.15) is 0 Å². The third-order valence-corrected chi connectivity index (χ3v) is 8.54. The summed E-state index contributed by atoms with van der Waals surface area (Å²) in [6.07, 6.45) is 1.82. The number of carbonyl (C=O) groups excluding carboxylic acids is 1. The number of hydrogen-bond donors (Lipinski definition) is 0. The number of thiophene rings is 1. The van der Waals surface area contributed by atoms with Gasteiger partial charge in [0.2, 0.25) is 0 Å². The molecule has 1 aliphatic heterocycles. The molecule has 1 atom stereocenters. The molecule has 2 aromatic carbocycles. The Bertz CT molecular complexity index is 1700. The SMILES string of the molecule is CCOC(=O)C1=C(C)N=c2s/c(=C/c3ccc(OCc4ccc(Cl)c(Cl)c4)cc3)c(=O)n2[C@H]1c1cccs1. The van der Waals surface area contributed by atoms with E-state index < -0.39 is 12.0 Å². The molecule has 0 aliphatic carbocycles. The molecule has 0 saturated carbocycles. The molecule has 0 saturated heterocycles. The fourth-order valence-corrected chi connectivity index (χ4v) is 6.31. The van der Waals surface area contributed by atoms with E-state index in [0.29, 0.717) is 43.0 Å². The summed E-state index contributed by atoms with van der Waals surface area (Å²) in [6.45, 7) is 4.12. The number of fused-ring (bicyclic) bond motifs is 1. The van der Waals surface area contributed by atoms with E-state index in [9.17, 15) is 9.59 Å². The molecule has 0 fully saturated rings. The van der Waals surface area contributed by atoms with E-state index in [1.54, 1.807) is 30.5 Å². The van der Waals surface area contributed by atoms with Gasteiger partial charge in [0.05, 0.1) is 32.5 Å². The molecule has 0 bridgehead atoms. The van der Waals surface area contributed by atoms with Crippen LogP contribution < -0.4 is 19.6 Å². The maximum Gasteiger partial charge on any atom is 0.338 e. The van der Waals surface area contributed by atoms with Crippen LogP contribution in [0.1, 0.15) is 35.9 Å². The first-order chi connectivity index (χ1) is 18.4. The van der Waals surface area contributed by atoms with Crippen molar-refractivity contribution in [1.82, 2.24) is 4.57 Å². The maximum absolute atomic E-state index is 13.6. The van der Waals surface area contributed by atoms with Gasteiger partial charge in [-0.1, -0.05) is 58.8 Å². The van der Waals surface area contributed by atoms with Gasteiger partial charge in [-0.25, -0.2) is 9.79 Å². The van der Waals surface area contributed by atoms with Crippen LogP contribution in [0, 0.1) is 0 Å². The van der Waals surface area contributed by atoms with Crippen LogP contribution >= 0.6 is 45.9 Å². The van der Waals surface area contributed by atoms with E-state index in [1.165, 1.54) is 22.7 Å². The predicted octanol–water partition coefficient (Wildman–Crippen LogP) is 5.75. The van der Waals surface area contributed by atoms with Crippen LogP contribution in [-0.2, 0) is 16.1 Å². The zero-order valence-corrected chi connectivity index (χ0v) is 23.6. The summed E-state index contributed by atoms with van der Waals surface area (Å²) >= 11 is 14.8. The Labute approximate surface area is 236 Å². The molecule has 10 heteroatoms. The van der Waals surface area contributed by atoms with Crippen LogP contribution in [0.3, 0.4) is 0 Å². The van der Waals surface area contributed by atoms with Crippen molar-refractivity contribution in [3.05, 3.63) is 117 Å². The molecular formula is C28H22Cl2N2O4S2. The van der Waals surface area contributed by atoms with Gasteiger partial charge in [0.25, 0.3) is 5.56 Å². The predicted molar refractivity (Wildman–Crippen MR) is 152 cm³/mol. The number of allylic oxidation sites excluding steroid dienone is 1. The van der Waals surface area contributed by atoms with E-state index in [4.69, 9.17) is 32.7 Å². The monoisotopic (exact) mass is 584 g/mol. The minimum Gasteiger partial charge on any atom is -0.489 e. The third-order valence-electron chi connectivity index (χ3n) is 5.90. The number of benzene rings is 2. The first kappa shape index (κ1) is 26.4. The molecule has 6 nitrogen and oxygen atoms in total. The van der Waals surface area contributed by atoms with Gasteiger partial charge in [0, 0.05) is 4.88 Å². The van der Waals surface area contributed by atoms with Crippen LogP contribution in [0.4, 0.5) is 0 Å². The van der Waals surface area contributed by atoms with Crippen LogP contribution in [0.25, 0.3) is 6.08 Å². The number of halogens is 2. The number of nitrogens with zero attached hydrogens (tertiary/aromatic N) is 2. The van der Waals surface area contributed by atoms with Crippen molar-refractivity contribution < 1.29 is 14.3 Å². The van der Waals surface area contributed by atoms with Crippen molar-refractivity contribution in [1.29, 1.82) is 0 Å². The number of carbonyl (C=O) groups is 1. The molecular weight excluding hydrogens is 563 g/mol. The maximum atomic E-state index is 13.6. The van der Waals surface area contributed by atoms with E-state index >= 15 is 0 Å². The van der Waals surface area contributed by atoms with E-state index in [1.807, 2.05) is 53.9 Å². The van der Waals surface area contributed by atoms with Gasteiger partial charge >= 0.3 is 5.97 Å². The molecule has 0 unspecified atom stereocenters. The van der Waals surface area contributed by atoms with Gasteiger partial charge < -0.3 is 9.47 Å². The van der Waals surface area contributed by atoms with Crippen LogP contribution in [0.2, 0.25) is 10.0 Å². The van der Waals surface area contributed by atoms with E-state index in [0.717, 1.165) is 16.0 Å². The highest BCUT2D eigenvalue weighted by molar-refractivity contribution is 7.10. The highest BCUT2D eigenvalue weighted by Crippen LogP contribution is 2.33. The first-order valence-electron chi connectivity index (χ1n) is 11.8. The first-order valence-corrected chi connectivity index (χ1v) is 14.2. The molecule has 0 amide bonds. The molecule has 38 heavy (non-hydrogen) atoms. The van der Waals surface area contributed by atoms with Crippen LogP contribution in [0.15, 0.2) is 81.0 Å². The van der Waals surface area contributed by atoms with E-state index in [2.05, 4.69) is 4.99 Å². The molecule has 1 aliphatic rings. The molecule has 2 aromatic heterocycles. The van der Waals surface area contributed by atoms with Gasteiger partial charge in [-0.05, 0) is 66.8 Å². The molecule has 3 heterocycles. The molecule has 194 valence electrons. The smallest absolute Gasteiger partial charge is 0.338 e. The van der Waals surface area contributed by atoms with Crippen molar-refractivity contribution in [2.24, 2.45) is 4.99 Å². The minimum absolute atomic E-state index is 0.207. The lowest BCUT2D eigenvalue weighted by atomic mass is 10.0. The Morgan fingerprint density at radius 2 is 1.92 bits per heavy atom. The Morgan fingerprint density at radius 1 is 1.13 bits per heavy atom. The number of aromatic nitrogens is 1. The fraction of sp³-hybridized carbons (Fsp3) is 0.179. The molecule has 0 spiro atoms. The zero-order valence-electron chi connectivity index (χ0n) is 20.4. The van der Waals surface area contributed by atoms with Crippen molar-refractivity contribution in [2.45, 2.75) is 26.5 Å². The number of ether oxygens (including phenoxy) is 2. The number of thiazole rings is 1. The summed E-state index contributed by atoms with van der Waals surface area (Å²) in [5.74, 6) is 0.222. The van der Waals surface area contributed by atoms with Gasteiger partial charge in [0.15, 0.2) is 4.80 Å². The van der Waals surface area contributed by atoms with Crippen molar-refractivity contribution in [3.8, 4) is 5.75 Å². The Kier molecular flexibility index (Phi) is 7.85. The Balaban J connectivity index is 1.45. The van der Waals surface area contributed by atoms with Gasteiger partial charge in [-0.15, -0.1) is 11.3 Å². The van der Waals surface area contributed by atoms with E-state index in [-0.39, 0.29) is 12.2 Å². The lowest BCUT2D eigenvalue weighted by molar-refractivity contribution is -0.139. The fourth-order valence-electron chi connectivity index (χ4n) is 4.12. The molecule has 5 rings (SSSR count). The summed E-state index contributed by atoms with van der Waals surface area (Å²) in [6, 6.07) is 16.1. The second kappa shape index (κ2) is 11.3. The Morgan fingerprint density at radius 3 is 2.61 bits per heavy atom. The van der Waals surface area contributed by atoms with Crippen molar-refractivity contribution in [2.75, 3.05) is 6.61 Å². The van der Waals surface area contributed by atoms with Gasteiger partial charge in [0.1, 0.15) is 18.4 Å². The lowest BCUT2D eigenvalue weighted by Gasteiger charge is -2.23. The summed E-state index contributed by atoms with van der Waals surface area (Å²) in [5, 5.41) is 2.91. The summed E-state index contributed by atoms with van der Waals surface area (Å²) in [7, 11) is 0. The summed E-state index contributed by atoms with van der Waals surface area (Å²) in [4.78, 5) is 32.5. The van der Waals surface area contributed by atoms with Crippen LogP contribution in [-0.4, -0.2) is 17.1 Å². The van der Waals surface area contributed by atoms with Crippen LogP contribution in [0.5, 0.6) is 5.75 Å². The molecule has 0 N–H and O–H groups in total. The highest BCUT2D eigenvalue weighted by Gasteiger charge is 2.33. The van der Waals surface area contributed by atoms with Crippen molar-refractivity contribution >= 4 is 57.9 Å². The summed E-state index contributed by atoms with van der Waals surface area (Å²) < 4.78 is 13.3.